The highest BCUT2D eigenvalue weighted by Gasteiger charge is 2.50. The van der Waals surface area contributed by atoms with Crippen molar-refractivity contribution in [3.8, 4) is 6.07 Å². The lowest BCUT2D eigenvalue weighted by atomic mass is 9.66. The van der Waals surface area contributed by atoms with Crippen molar-refractivity contribution in [2.45, 2.75) is 19.3 Å². The molecular formula is C27H24N2O2. The lowest BCUT2D eigenvalue weighted by Gasteiger charge is -2.33. The van der Waals surface area contributed by atoms with E-state index in [1.54, 1.807) is 6.92 Å². The monoisotopic (exact) mass is 408 g/mol. The first kappa shape index (κ1) is 20.4. The molecule has 31 heavy (non-hydrogen) atoms. The number of fused-ring (bicyclic) bond motifs is 1. The molecule has 0 fully saturated rings. The first-order valence-electron chi connectivity index (χ1n) is 10.4. The number of rotatable bonds is 7. The molecule has 4 nitrogen and oxygen atoms in total. The predicted octanol–water partition coefficient (Wildman–Crippen LogP) is 5.62. The number of benzene rings is 3. The maximum absolute atomic E-state index is 13.5. The Morgan fingerprint density at radius 2 is 1.65 bits per heavy atom. The van der Waals surface area contributed by atoms with Crippen LogP contribution in [0.15, 0.2) is 91.1 Å². The Kier molecular flexibility index (Phi) is 5.86. The highest BCUT2D eigenvalue weighted by atomic mass is 16.5. The van der Waals surface area contributed by atoms with Gasteiger partial charge in [-0.1, -0.05) is 78.9 Å². The highest BCUT2D eigenvalue weighted by Crippen LogP contribution is 2.46. The molecule has 0 saturated carbocycles. The number of para-hydroxylation sites is 1. The summed E-state index contributed by atoms with van der Waals surface area (Å²) in [4.78, 5) is 16.8. The molecule has 2 unspecified atom stereocenters. The normalized spacial score (nSPS) is 13.8. The molecule has 3 aromatic carbocycles. The van der Waals surface area contributed by atoms with E-state index in [4.69, 9.17) is 4.74 Å². The molecule has 0 bridgehead atoms. The lowest BCUT2D eigenvalue weighted by Crippen LogP contribution is -2.40. The molecule has 1 N–H and O–H groups in total. The van der Waals surface area contributed by atoms with Crippen molar-refractivity contribution >= 4 is 16.9 Å². The van der Waals surface area contributed by atoms with Gasteiger partial charge in [-0.05, 0) is 29.7 Å². The number of nitrogens with one attached hydrogen (secondary N) is 1. The van der Waals surface area contributed by atoms with Crippen molar-refractivity contribution in [3.63, 3.8) is 0 Å². The van der Waals surface area contributed by atoms with E-state index in [0.29, 0.717) is 0 Å². The van der Waals surface area contributed by atoms with E-state index < -0.39 is 17.3 Å². The fourth-order valence-corrected chi connectivity index (χ4v) is 4.33. The van der Waals surface area contributed by atoms with Gasteiger partial charge in [0.2, 0.25) is 0 Å². The van der Waals surface area contributed by atoms with Crippen LogP contribution >= 0.6 is 0 Å². The predicted molar refractivity (Wildman–Crippen MR) is 121 cm³/mol. The summed E-state index contributed by atoms with van der Waals surface area (Å²) in [6.07, 6.45) is 2.17. The van der Waals surface area contributed by atoms with Crippen LogP contribution < -0.4 is 0 Å². The average Bonchev–Trinajstić information content (AvgIpc) is 3.24. The molecular weight excluding hydrogens is 384 g/mol. The number of carbonyl (C=O) groups is 1. The van der Waals surface area contributed by atoms with E-state index >= 15 is 0 Å². The van der Waals surface area contributed by atoms with Gasteiger partial charge < -0.3 is 9.72 Å². The first-order chi connectivity index (χ1) is 15.2. The largest absolute Gasteiger partial charge is 0.465 e. The Morgan fingerprint density at radius 1 is 1.00 bits per heavy atom. The molecule has 0 radical (unpaired) electrons. The minimum atomic E-state index is -1.43. The molecule has 154 valence electrons. The number of hydrogen-bond donors (Lipinski definition) is 1. The van der Waals surface area contributed by atoms with E-state index in [2.05, 4.69) is 11.1 Å². The SMILES string of the molecule is CCOC(=O)C(C#N)(Cc1ccccc1)C(c1ccccc1)c1c[nH]c2ccccc12. The summed E-state index contributed by atoms with van der Waals surface area (Å²) < 4.78 is 5.51. The number of nitrogens with zero attached hydrogens (tertiary/aromatic N) is 1. The molecule has 0 spiro atoms. The molecule has 2 atom stereocenters. The summed E-state index contributed by atoms with van der Waals surface area (Å²) in [7, 11) is 0. The number of aromatic amines is 1. The zero-order valence-electron chi connectivity index (χ0n) is 17.4. The van der Waals surface area contributed by atoms with Crippen LogP contribution in [0.25, 0.3) is 10.9 Å². The average molecular weight is 409 g/mol. The second-order valence-electron chi connectivity index (χ2n) is 7.60. The Bertz CT molecular complexity index is 1210. The van der Waals surface area contributed by atoms with Crippen molar-refractivity contribution in [1.29, 1.82) is 5.26 Å². The van der Waals surface area contributed by atoms with Gasteiger partial charge in [0.05, 0.1) is 12.7 Å². The van der Waals surface area contributed by atoms with Crippen molar-refractivity contribution in [2.75, 3.05) is 6.61 Å². The third kappa shape index (κ3) is 3.83. The van der Waals surface area contributed by atoms with Gasteiger partial charge in [-0.25, -0.2) is 0 Å². The van der Waals surface area contributed by atoms with Gasteiger partial charge in [-0.15, -0.1) is 0 Å². The van der Waals surface area contributed by atoms with Gasteiger partial charge in [0.25, 0.3) is 0 Å². The van der Waals surface area contributed by atoms with Crippen LogP contribution in [0, 0.1) is 16.7 Å². The Morgan fingerprint density at radius 3 is 2.32 bits per heavy atom. The van der Waals surface area contributed by atoms with Crippen LogP contribution in [0.4, 0.5) is 0 Å². The van der Waals surface area contributed by atoms with Crippen LogP contribution in [0.2, 0.25) is 0 Å². The van der Waals surface area contributed by atoms with Crippen molar-refractivity contribution in [3.05, 3.63) is 108 Å². The van der Waals surface area contributed by atoms with E-state index in [-0.39, 0.29) is 13.0 Å². The van der Waals surface area contributed by atoms with Gasteiger partial charge in [0.15, 0.2) is 5.41 Å². The summed E-state index contributed by atoms with van der Waals surface area (Å²) in [5, 5.41) is 11.6. The van der Waals surface area contributed by atoms with Gasteiger partial charge in [-0.3, -0.25) is 4.79 Å². The smallest absolute Gasteiger partial charge is 0.327 e. The zero-order chi connectivity index (χ0) is 21.7. The van der Waals surface area contributed by atoms with Crippen LogP contribution in [0.3, 0.4) is 0 Å². The Hall–Kier alpha value is -3.84. The number of ether oxygens (including phenoxy) is 1. The maximum Gasteiger partial charge on any atom is 0.327 e. The van der Waals surface area contributed by atoms with Gasteiger partial charge >= 0.3 is 5.97 Å². The molecule has 0 amide bonds. The van der Waals surface area contributed by atoms with E-state index in [0.717, 1.165) is 27.6 Å². The Balaban J connectivity index is 1.98. The minimum Gasteiger partial charge on any atom is -0.465 e. The lowest BCUT2D eigenvalue weighted by molar-refractivity contribution is -0.152. The van der Waals surface area contributed by atoms with E-state index in [9.17, 15) is 10.1 Å². The number of hydrogen-bond acceptors (Lipinski definition) is 3. The molecule has 4 aromatic rings. The Labute approximate surface area is 182 Å². The van der Waals surface area contributed by atoms with Crippen molar-refractivity contribution < 1.29 is 9.53 Å². The summed E-state index contributed by atoms with van der Waals surface area (Å²) in [5.41, 5.74) is 2.26. The molecule has 4 heteroatoms. The number of esters is 1. The quantitative estimate of drug-likeness (QED) is 0.404. The fourth-order valence-electron chi connectivity index (χ4n) is 4.33. The molecule has 4 rings (SSSR count). The molecule has 0 aliphatic rings. The minimum absolute atomic E-state index is 0.215. The second-order valence-corrected chi connectivity index (χ2v) is 7.60. The summed E-state index contributed by atoms with van der Waals surface area (Å²) in [6.45, 7) is 1.98. The van der Waals surface area contributed by atoms with Gasteiger partial charge in [0, 0.05) is 29.4 Å². The van der Waals surface area contributed by atoms with E-state index in [1.165, 1.54) is 0 Å². The summed E-state index contributed by atoms with van der Waals surface area (Å²) >= 11 is 0. The van der Waals surface area contributed by atoms with Gasteiger partial charge in [0.1, 0.15) is 0 Å². The molecule has 0 saturated heterocycles. The van der Waals surface area contributed by atoms with Crippen LogP contribution in [0.5, 0.6) is 0 Å². The topological polar surface area (TPSA) is 65.9 Å². The zero-order valence-corrected chi connectivity index (χ0v) is 17.4. The molecule has 0 aliphatic heterocycles. The van der Waals surface area contributed by atoms with Crippen molar-refractivity contribution in [1.82, 2.24) is 4.98 Å². The summed E-state index contributed by atoms with van der Waals surface area (Å²) in [5.74, 6) is -1.01. The third-order valence-electron chi connectivity index (χ3n) is 5.72. The first-order valence-corrected chi connectivity index (χ1v) is 10.4. The summed E-state index contributed by atoms with van der Waals surface area (Å²) in [6, 6.07) is 29.8. The molecule has 0 aliphatic carbocycles. The maximum atomic E-state index is 13.5. The number of aromatic nitrogens is 1. The number of H-pyrrole nitrogens is 1. The van der Waals surface area contributed by atoms with E-state index in [1.807, 2.05) is 91.1 Å². The highest BCUT2D eigenvalue weighted by molar-refractivity contribution is 5.88. The van der Waals surface area contributed by atoms with Gasteiger partial charge in [-0.2, -0.15) is 5.26 Å². The second kappa shape index (κ2) is 8.89. The molecule has 1 aromatic heterocycles. The van der Waals surface area contributed by atoms with Crippen molar-refractivity contribution in [2.24, 2.45) is 5.41 Å². The third-order valence-corrected chi connectivity index (χ3v) is 5.72. The van der Waals surface area contributed by atoms with Crippen LogP contribution in [-0.2, 0) is 16.0 Å². The standard InChI is InChI=1S/C27H24N2O2/c1-2-31-26(30)27(19-28,17-20-11-5-3-6-12-20)25(21-13-7-4-8-14-21)23-18-29-24-16-10-9-15-22(23)24/h3-16,18,25,29H,2,17H2,1H3. The van der Waals surface area contributed by atoms with Crippen LogP contribution in [-0.4, -0.2) is 17.6 Å². The molecule has 1 heterocycles. The fraction of sp³-hybridized carbons (Fsp3) is 0.185. The number of nitriles is 1. The number of carbonyl (C=O) groups excluding carboxylic acids is 1. The van der Waals surface area contributed by atoms with Crippen LogP contribution in [0.1, 0.15) is 29.5 Å².